The molecule has 0 aromatic heterocycles. The van der Waals surface area contributed by atoms with Gasteiger partial charge in [-0.2, -0.15) is 0 Å². The number of rotatable bonds is 6. The Kier molecular flexibility index (Phi) is 5.53. The normalized spacial score (nSPS) is 17.3. The van der Waals surface area contributed by atoms with Gasteiger partial charge in [0.15, 0.2) is 0 Å². The van der Waals surface area contributed by atoms with Gasteiger partial charge in [-0.3, -0.25) is 9.59 Å². The average molecular weight is 299 g/mol. The average Bonchev–Trinajstić information content (AvgIpc) is 2.54. The van der Waals surface area contributed by atoms with Crippen LogP contribution in [0.3, 0.4) is 0 Å². The summed E-state index contributed by atoms with van der Waals surface area (Å²) in [5.74, 6) is -0.0274. The van der Waals surface area contributed by atoms with E-state index in [-0.39, 0.29) is 18.4 Å². The fourth-order valence-corrected chi connectivity index (χ4v) is 2.35. The molecule has 1 aliphatic carbocycles. The lowest BCUT2D eigenvalue weighted by molar-refractivity contribution is -0.129. The van der Waals surface area contributed by atoms with Crippen LogP contribution in [0.25, 0.3) is 0 Å². The molecule has 1 N–H and O–H groups in total. The minimum absolute atomic E-state index is 0.0523. The van der Waals surface area contributed by atoms with Crippen molar-refractivity contribution >= 4 is 12.4 Å². The van der Waals surface area contributed by atoms with Crippen molar-refractivity contribution < 1.29 is 14.3 Å². The number of ether oxygens (including phenoxy) is 1. The van der Waals surface area contributed by atoms with E-state index >= 15 is 0 Å². The van der Waals surface area contributed by atoms with Crippen molar-refractivity contribution in [2.45, 2.75) is 33.4 Å². The van der Waals surface area contributed by atoms with E-state index in [4.69, 9.17) is 4.74 Å². The van der Waals surface area contributed by atoms with Crippen LogP contribution in [0.5, 0.6) is 0 Å². The molecule has 2 rings (SSSR count). The molecule has 22 heavy (non-hydrogen) atoms. The Morgan fingerprint density at radius 3 is 2.55 bits per heavy atom. The van der Waals surface area contributed by atoms with Gasteiger partial charge in [0, 0.05) is 6.54 Å². The number of amides is 1. The molecule has 0 heterocycles. The third kappa shape index (κ3) is 4.32. The van der Waals surface area contributed by atoms with Crippen LogP contribution in [0, 0.1) is 5.92 Å². The molecule has 4 heteroatoms. The van der Waals surface area contributed by atoms with E-state index in [1.165, 1.54) is 11.1 Å². The first-order valence-electron chi connectivity index (χ1n) is 7.36. The predicted molar refractivity (Wildman–Crippen MR) is 84.8 cm³/mol. The molecule has 1 aromatic carbocycles. The molecule has 0 bridgehead atoms. The summed E-state index contributed by atoms with van der Waals surface area (Å²) in [7, 11) is 0. The third-order valence-electron chi connectivity index (χ3n) is 3.90. The Labute approximate surface area is 130 Å². The molecule has 0 saturated heterocycles. The largest absolute Gasteiger partial charge is 0.463 e. The zero-order valence-corrected chi connectivity index (χ0v) is 13.0. The first-order valence-corrected chi connectivity index (χ1v) is 7.36. The molecule has 1 aromatic rings. The number of hydrogen-bond acceptors (Lipinski definition) is 3. The second-order valence-corrected chi connectivity index (χ2v) is 5.52. The lowest BCUT2D eigenvalue weighted by Crippen LogP contribution is -2.30. The molecule has 0 aliphatic heterocycles. The van der Waals surface area contributed by atoms with Crippen LogP contribution in [0.1, 0.15) is 31.4 Å². The highest BCUT2D eigenvalue weighted by molar-refractivity contribution is 5.81. The molecule has 1 aliphatic rings. The summed E-state index contributed by atoms with van der Waals surface area (Å²) in [5.41, 5.74) is 4.36. The molecular weight excluding hydrogens is 278 g/mol. The number of allylic oxidation sites excluding steroid dienone is 3. The van der Waals surface area contributed by atoms with Crippen LogP contribution in [-0.2, 0) is 27.5 Å². The second-order valence-electron chi connectivity index (χ2n) is 5.52. The van der Waals surface area contributed by atoms with E-state index in [0.717, 1.165) is 17.5 Å². The van der Waals surface area contributed by atoms with E-state index in [9.17, 15) is 9.59 Å². The smallest absolute Gasteiger partial charge is 0.293 e. The van der Waals surface area contributed by atoms with E-state index in [2.05, 4.69) is 18.3 Å². The highest BCUT2D eigenvalue weighted by Gasteiger charge is 2.18. The van der Waals surface area contributed by atoms with Crippen molar-refractivity contribution in [3.05, 3.63) is 58.7 Å². The Morgan fingerprint density at radius 2 is 1.91 bits per heavy atom. The van der Waals surface area contributed by atoms with Gasteiger partial charge < -0.3 is 10.1 Å². The number of nitrogens with one attached hydrogen (secondary N) is 1. The Bertz CT molecular complexity index is 599. The maximum absolute atomic E-state index is 12.2. The van der Waals surface area contributed by atoms with Crippen LogP contribution in [0.15, 0.2) is 47.6 Å². The van der Waals surface area contributed by atoms with E-state index in [0.29, 0.717) is 13.0 Å². The van der Waals surface area contributed by atoms with Gasteiger partial charge in [0.05, 0.1) is 5.92 Å². The summed E-state index contributed by atoms with van der Waals surface area (Å²) in [5, 5.41) is 2.97. The molecular formula is C18H21NO3. The fraction of sp³-hybridized carbons (Fsp3) is 0.333. The molecule has 116 valence electrons. The lowest BCUT2D eigenvalue weighted by Gasteiger charge is -2.18. The highest BCUT2D eigenvalue weighted by atomic mass is 16.5. The van der Waals surface area contributed by atoms with Crippen molar-refractivity contribution in [3.63, 3.8) is 0 Å². The summed E-state index contributed by atoms with van der Waals surface area (Å²) < 4.78 is 4.69. The number of carbonyl (C=O) groups is 2. The van der Waals surface area contributed by atoms with Gasteiger partial charge in [0.2, 0.25) is 5.91 Å². The van der Waals surface area contributed by atoms with Crippen LogP contribution in [-0.4, -0.2) is 12.4 Å². The molecule has 4 nitrogen and oxygen atoms in total. The monoisotopic (exact) mass is 299 g/mol. The van der Waals surface area contributed by atoms with Gasteiger partial charge in [0.25, 0.3) is 6.47 Å². The molecule has 1 amide bonds. The summed E-state index contributed by atoms with van der Waals surface area (Å²) in [4.78, 5) is 22.3. The highest BCUT2D eigenvalue weighted by Crippen LogP contribution is 2.22. The Balaban J connectivity index is 1.85. The summed E-state index contributed by atoms with van der Waals surface area (Å²) >= 11 is 0. The van der Waals surface area contributed by atoms with Crippen LogP contribution in [0.2, 0.25) is 0 Å². The fourth-order valence-electron chi connectivity index (χ4n) is 2.35. The molecule has 0 radical (unpaired) electrons. The molecule has 0 fully saturated rings. The first-order chi connectivity index (χ1) is 10.6. The Morgan fingerprint density at radius 1 is 1.23 bits per heavy atom. The maximum Gasteiger partial charge on any atom is 0.293 e. The molecule has 0 saturated carbocycles. The number of carbonyl (C=O) groups excluding carboxylic acids is 2. The van der Waals surface area contributed by atoms with E-state index in [1.54, 1.807) is 0 Å². The van der Waals surface area contributed by atoms with Crippen LogP contribution < -0.4 is 5.32 Å². The molecule has 0 spiro atoms. The predicted octanol–water partition coefficient (Wildman–Crippen LogP) is 2.89. The summed E-state index contributed by atoms with van der Waals surface area (Å²) in [6.45, 7) is 5.30. The van der Waals surface area contributed by atoms with Gasteiger partial charge >= 0.3 is 0 Å². The molecule has 1 atom stereocenters. The van der Waals surface area contributed by atoms with Gasteiger partial charge in [-0.25, -0.2) is 0 Å². The minimum atomic E-state index is -0.0797. The van der Waals surface area contributed by atoms with E-state index in [1.807, 2.05) is 37.3 Å². The lowest BCUT2D eigenvalue weighted by atomic mass is 9.91. The van der Waals surface area contributed by atoms with E-state index < -0.39 is 0 Å². The number of benzene rings is 1. The van der Waals surface area contributed by atoms with Gasteiger partial charge in [-0.1, -0.05) is 47.6 Å². The van der Waals surface area contributed by atoms with Crippen molar-refractivity contribution in [1.82, 2.24) is 5.32 Å². The second kappa shape index (κ2) is 7.59. The van der Waals surface area contributed by atoms with Crippen LogP contribution in [0.4, 0.5) is 0 Å². The van der Waals surface area contributed by atoms with Crippen LogP contribution >= 0.6 is 0 Å². The van der Waals surface area contributed by atoms with Gasteiger partial charge in [-0.05, 0) is 31.4 Å². The maximum atomic E-state index is 12.2. The van der Waals surface area contributed by atoms with Gasteiger partial charge in [0.1, 0.15) is 6.61 Å². The first kappa shape index (κ1) is 16.0. The van der Waals surface area contributed by atoms with Crippen molar-refractivity contribution in [1.29, 1.82) is 0 Å². The Hall–Kier alpha value is -2.36. The molecule has 1 unspecified atom stereocenters. The zero-order chi connectivity index (χ0) is 15.9. The SMILES string of the molecule is CC1=CCC(C(=O)NCc2ccc(COC=O)cc2)C=C1C. The minimum Gasteiger partial charge on any atom is -0.463 e. The van der Waals surface area contributed by atoms with Gasteiger partial charge in [-0.15, -0.1) is 0 Å². The zero-order valence-electron chi connectivity index (χ0n) is 13.0. The summed E-state index contributed by atoms with van der Waals surface area (Å²) in [6, 6.07) is 7.63. The van der Waals surface area contributed by atoms with Crippen molar-refractivity contribution in [2.75, 3.05) is 0 Å². The standard InChI is InChI=1S/C18H21NO3/c1-13-3-8-17(9-14(13)2)18(21)19-10-15-4-6-16(7-5-15)11-22-12-20/h3-7,9,12,17H,8,10-11H2,1-2H3,(H,19,21). The third-order valence-corrected chi connectivity index (χ3v) is 3.90. The topological polar surface area (TPSA) is 55.4 Å². The quantitative estimate of drug-likeness (QED) is 0.822. The summed E-state index contributed by atoms with van der Waals surface area (Å²) in [6.07, 6.45) is 4.91. The van der Waals surface area contributed by atoms with Crippen molar-refractivity contribution in [2.24, 2.45) is 5.92 Å². The number of hydrogen-bond donors (Lipinski definition) is 1. The van der Waals surface area contributed by atoms with Crippen molar-refractivity contribution in [3.8, 4) is 0 Å².